The van der Waals surface area contributed by atoms with E-state index in [0.29, 0.717) is 69.7 Å². The van der Waals surface area contributed by atoms with Crippen molar-refractivity contribution in [3.63, 3.8) is 0 Å². The molecule has 44 heavy (non-hydrogen) atoms. The van der Waals surface area contributed by atoms with E-state index in [0.717, 1.165) is 16.5 Å². The van der Waals surface area contributed by atoms with Crippen LogP contribution in [0, 0.1) is 11.8 Å². The molecular weight excluding hydrogens is 563 g/mol. The first kappa shape index (κ1) is 31.7. The fourth-order valence-corrected chi connectivity index (χ4v) is 6.65. The summed E-state index contributed by atoms with van der Waals surface area (Å²) in [7, 11) is 0. The van der Waals surface area contributed by atoms with Gasteiger partial charge in [-0.25, -0.2) is 9.18 Å². The van der Waals surface area contributed by atoms with E-state index in [2.05, 4.69) is 10.3 Å². The van der Waals surface area contributed by atoms with Gasteiger partial charge in [0, 0.05) is 60.6 Å². The Balaban J connectivity index is 1.29. The van der Waals surface area contributed by atoms with Crippen LogP contribution in [0.3, 0.4) is 0 Å². The molecule has 2 aromatic carbocycles. The fraction of sp³-hybridized carbons (Fsp3) is 0.500. The molecule has 10 heteroatoms. The number of hydrogen-bond acceptors (Lipinski definition) is 6. The first-order valence-electron chi connectivity index (χ1n) is 15.7. The van der Waals surface area contributed by atoms with Gasteiger partial charge in [0.05, 0.1) is 6.61 Å². The molecule has 9 nitrogen and oxygen atoms in total. The van der Waals surface area contributed by atoms with Gasteiger partial charge in [-0.1, -0.05) is 30.3 Å². The Morgan fingerprint density at radius 1 is 1.05 bits per heavy atom. The second kappa shape index (κ2) is 14.8. The zero-order valence-corrected chi connectivity index (χ0v) is 25.3. The number of anilines is 1. The third kappa shape index (κ3) is 7.30. The van der Waals surface area contributed by atoms with Crippen LogP contribution < -0.4 is 11.1 Å². The second-order valence-electron chi connectivity index (χ2n) is 11.9. The van der Waals surface area contributed by atoms with E-state index in [4.69, 9.17) is 15.2 Å². The minimum absolute atomic E-state index is 0.0126. The molecule has 0 radical (unpaired) electrons. The Hall–Kier alpha value is -3.76. The number of aromatic amines is 1. The lowest BCUT2D eigenvalue weighted by Gasteiger charge is -2.35. The molecular formula is C34H43FN4O5. The molecule has 5 rings (SSSR count). The van der Waals surface area contributed by atoms with Gasteiger partial charge >= 0.3 is 5.97 Å². The summed E-state index contributed by atoms with van der Waals surface area (Å²) in [6, 6.07) is 15.8. The number of likely N-dealkylation sites (tertiary alicyclic amines) is 1. The van der Waals surface area contributed by atoms with E-state index >= 15 is 0 Å². The average Bonchev–Trinajstić information content (AvgIpc) is 3.69. The van der Waals surface area contributed by atoms with Crippen molar-refractivity contribution >= 4 is 34.4 Å². The number of aromatic nitrogens is 1. The molecule has 1 aliphatic carbocycles. The highest BCUT2D eigenvalue weighted by Gasteiger charge is 2.44. The number of benzene rings is 2. The number of fused-ring (bicyclic) bond motifs is 1. The van der Waals surface area contributed by atoms with E-state index in [1.165, 1.54) is 0 Å². The van der Waals surface area contributed by atoms with Crippen LogP contribution in [0.25, 0.3) is 10.9 Å². The number of alkyl halides is 1. The number of hydrogen-bond donors (Lipinski definition) is 3. The van der Waals surface area contributed by atoms with Gasteiger partial charge in [0.1, 0.15) is 18.4 Å². The first-order valence-corrected chi connectivity index (χ1v) is 15.7. The topological polar surface area (TPSA) is 127 Å². The number of carbonyl (C=O) groups excluding carboxylic acids is 3. The average molecular weight is 607 g/mol. The predicted octanol–water partition coefficient (Wildman–Crippen LogP) is 5.18. The van der Waals surface area contributed by atoms with Gasteiger partial charge in [-0.2, -0.15) is 0 Å². The summed E-state index contributed by atoms with van der Waals surface area (Å²) >= 11 is 0. The summed E-state index contributed by atoms with van der Waals surface area (Å²) in [5.41, 5.74) is 8.61. The molecule has 0 bridgehead atoms. The Kier molecular flexibility index (Phi) is 10.7. The Morgan fingerprint density at radius 2 is 1.82 bits per heavy atom. The number of ether oxygens (including phenoxy) is 2. The van der Waals surface area contributed by atoms with Gasteiger partial charge in [-0.15, -0.1) is 0 Å². The van der Waals surface area contributed by atoms with Crippen molar-refractivity contribution in [3.8, 4) is 0 Å². The third-order valence-corrected chi connectivity index (χ3v) is 9.06. The van der Waals surface area contributed by atoms with Crippen LogP contribution >= 0.6 is 0 Å². The van der Waals surface area contributed by atoms with Crippen LogP contribution in [0.2, 0.25) is 0 Å². The molecule has 3 atom stereocenters. The minimum atomic E-state index is -0.667. The van der Waals surface area contributed by atoms with E-state index in [9.17, 15) is 18.8 Å². The van der Waals surface area contributed by atoms with Crippen molar-refractivity contribution in [3.05, 3.63) is 65.9 Å². The summed E-state index contributed by atoms with van der Waals surface area (Å²) in [5.74, 6) is -0.962. The molecule has 1 aromatic heterocycles. The van der Waals surface area contributed by atoms with Gasteiger partial charge in [0.2, 0.25) is 11.8 Å². The van der Waals surface area contributed by atoms with Crippen LogP contribution in [-0.2, 0) is 19.1 Å². The number of carbonyl (C=O) groups is 3. The van der Waals surface area contributed by atoms with Crippen molar-refractivity contribution in [1.82, 2.24) is 9.88 Å². The van der Waals surface area contributed by atoms with E-state index in [-0.39, 0.29) is 36.2 Å². The number of rotatable bonds is 12. The normalized spacial score (nSPS) is 22.6. The maximum atomic E-state index is 14.0. The predicted molar refractivity (Wildman–Crippen MR) is 167 cm³/mol. The molecule has 2 aliphatic rings. The maximum absolute atomic E-state index is 14.0. The van der Waals surface area contributed by atoms with Crippen molar-refractivity contribution in [2.24, 2.45) is 17.6 Å². The number of nitrogens with one attached hydrogen (secondary N) is 2. The molecule has 1 saturated carbocycles. The van der Waals surface area contributed by atoms with Crippen molar-refractivity contribution in [2.45, 2.75) is 63.5 Å². The Labute approximate surface area is 257 Å². The summed E-state index contributed by atoms with van der Waals surface area (Å²) in [6.45, 7) is 3.28. The van der Waals surface area contributed by atoms with Crippen LogP contribution in [0.5, 0.6) is 0 Å². The number of nitrogens with two attached hydrogens (primary N) is 1. The van der Waals surface area contributed by atoms with Crippen LogP contribution in [0.4, 0.5) is 10.1 Å². The minimum Gasteiger partial charge on any atom is -0.461 e. The van der Waals surface area contributed by atoms with Crippen LogP contribution in [0.15, 0.2) is 54.6 Å². The molecule has 1 aliphatic heterocycles. The van der Waals surface area contributed by atoms with E-state index < -0.39 is 24.7 Å². The zero-order valence-electron chi connectivity index (χ0n) is 25.3. The molecule has 2 fully saturated rings. The largest absolute Gasteiger partial charge is 0.461 e. The number of halogens is 1. The first-order chi connectivity index (χ1) is 21.4. The molecule has 2 heterocycles. The molecule has 1 saturated heterocycles. The van der Waals surface area contributed by atoms with E-state index in [1.54, 1.807) is 17.0 Å². The second-order valence-corrected chi connectivity index (χ2v) is 11.9. The van der Waals surface area contributed by atoms with Gasteiger partial charge in [-0.3, -0.25) is 9.59 Å². The molecule has 0 unspecified atom stereocenters. The molecule has 0 spiro atoms. The molecule has 236 valence electrons. The van der Waals surface area contributed by atoms with Crippen molar-refractivity contribution in [2.75, 3.05) is 38.4 Å². The lowest BCUT2D eigenvalue weighted by molar-refractivity contribution is -0.141. The van der Waals surface area contributed by atoms with Gasteiger partial charge < -0.3 is 30.4 Å². The highest BCUT2D eigenvalue weighted by molar-refractivity contribution is 6.01. The smallest absolute Gasteiger partial charge is 0.354 e. The quantitative estimate of drug-likeness (QED) is 0.193. The summed E-state index contributed by atoms with van der Waals surface area (Å²) in [6.07, 6.45) is 4.04. The summed E-state index contributed by atoms with van der Waals surface area (Å²) in [4.78, 5) is 45.2. The summed E-state index contributed by atoms with van der Waals surface area (Å²) in [5, 5.41) is 3.81. The highest BCUT2D eigenvalue weighted by Crippen LogP contribution is 2.38. The molecule has 2 amide bonds. The molecule has 4 N–H and O–H groups in total. The lowest BCUT2D eigenvalue weighted by atomic mass is 9.78. The van der Waals surface area contributed by atoms with Gasteiger partial charge in [0.15, 0.2) is 0 Å². The third-order valence-electron chi connectivity index (χ3n) is 9.06. The van der Waals surface area contributed by atoms with Gasteiger partial charge in [0.25, 0.3) is 0 Å². The van der Waals surface area contributed by atoms with Gasteiger partial charge in [-0.05, 0) is 74.8 Å². The highest BCUT2D eigenvalue weighted by atomic mass is 19.1. The number of nitrogens with zero attached hydrogens (tertiary/aromatic N) is 1. The zero-order chi connectivity index (χ0) is 31.1. The standard InChI is InChI=1S/C34H43FN4O5/c1-2-43-17-6-18-44-34(42)30-20-25-19-26(13-14-29(25)38-30)37-32(40)31-27(22-7-4-3-5-8-22)15-16-39(31)33(41)24-11-9-23(10-12-24)28(36)21-35/h3-5,7-8,13-14,19-20,23-24,27-28,31,38H,2,6,9-12,15-18,21,36H2,1H3,(H,37,40)/t23-,24-,27-,28-,31+/m1/s1. The fourth-order valence-electron chi connectivity index (χ4n) is 6.65. The molecule has 3 aromatic rings. The monoisotopic (exact) mass is 606 g/mol. The van der Waals surface area contributed by atoms with Crippen LogP contribution in [0.1, 0.15) is 67.4 Å². The number of H-pyrrole nitrogens is 1. The lowest BCUT2D eigenvalue weighted by Crippen LogP contribution is -2.48. The SMILES string of the molecule is CCOCCCOC(=O)c1cc2cc(NC(=O)[C@@H]3[C@@H](c4ccccc4)CCN3C(=O)[C@H]3CC[C@H]([C@H](N)CF)CC3)ccc2[nH]1. The van der Waals surface area contributed by atoms with E-state index in [1.807, 2.05) is 49.4 Å². The summed E-state index contributed by atoms with van der Waals surface area (Å²) < 4.78 is 23.8. The maximum Gasteiger partial charge on any atom is 0.354 e. The van der Waals surface area contributed by atoms with Crippen molar-refractivity contribution in [1.29, 1.82) is 0 Å². The number of amides is 2. The Bertz CT molecular complexity index is 1420. The number of esters is 1. The van der Waals surface area contributed by atoms with Crippen LogP contribution in [-0.4, -0.2) is 72.8 Å². The Morgan fingerprint density at radius 3 is 2.55 bits per heavy atom. The van der Waals surface area contributed by atoms with Crippen molar-refractivity contribution < 1.29 is 28.2 Å².